The maximum absolute atomic E-state index is 12.3. The molecular weight excluding hydrogens is 384 g/mol. The number of aryl methyl sites for hydroxylation is 1. The summed E-state index contributed by atoms with van der Waals surface area (Å²) in [7, 11) is 1.96. The van der Waals surface area contributed by atoms with Gasteiger partial charge < -0.3 is 5.32 Å². The second-order valence-corrected chi connectivity index (χ2v) is 7.73. The van der Waals surface area contributed by atoms with Crippen LogP contribution in [-0.2, 0) is 17.8 Å². The van der Waals surface area contributed by atoms with E-state index in [1.165, 1.54) is 0 Å². The lowest BCUT2D eigenvalue weighted by Gasteiger charge is -2.17. The van der Waals surface area contributed by atoms with E-state index in [4.69, 9.17) is 11.6 Å². The molecule has 0 aliphatic carbocycles. The van der Waals surface area contributed by atoms with E-state index < -0.39 is 0 Å². The summed E-state index contributed by atoms with van der Waals surface area (Å²) in [4.78, 5) is 14.3. The molecule has 1 heterocycles. The van der Waals surface area contributed by atoms with Gasteiger partial charge >= 0.3 is 0 Å². The quantitative estimate of drug-likeness (QED) is 0.612. The molecule has 0 saturated heterocycles. The predicted molar refractivity (Wildman–Crippen MR) is 118 cm³/mol. The van der Waals surface area contributed by atoms with Crippen LogP contribution in [0.1, 0.15) is 22.5 Å². The minimum atomic E-state index is 0.0206. The maximum atomic E-state index is 12.3. The Morgan fingerprint density at radius 1 is 1.10 bits per heavy atom. The van der Waals surface area contributed by atoms with Crippen LogP contribution in [0.15, 0.2) is 54.6 Å². The normalized spacial score (nSPS) is 11.1. The molecular formula is C23H27ClN4O. The monoisotopic (exact) mass is 410 g/mol. The number of nitrogens with one attached hydrogen (secondary N) is 1. The van der Waals surface area contributed by atoms with Gasteiger partial charge in [0, 0.05) is 29.4 Å². The van der Waals surface area contributed by atoms with Crippen LogP contribution in [0.25, 0.3) is 5.69 Å². The molecule has 5 nitrogen and oxygen atoms in total. The zero-order valence-electron chi connectivity index (χ0n) is 17.2. The van der Waals surface area contributed by atoms with Gasteiger partial charge in [0.25, 0.3) is 0 Å². The summed E-state index contributed by atoms with van der Waals surface area (Å²) in [5, 5.41) is 8.39. The molecule has 0 spiro atoms. The van der Waals surface area contributed by atoms with Gasteiger partial charge in [0.05, 0.1) is 17.9 Å². The average Bonchev–Trinajstić information content (AvgIpc) is 2.98. The Morgan fingerprint density at radius 2 is 1.79 bits per heavy atom. The van der Waals surface area contributed by atoms with Crippen molar-refractivity contribution in [3.8, 4) is 5.69 Å². The molecule has 0 bridgehead atoms. The van der Waals surface area contributed by atoms with E-state index in [0.29, 0.717) is 19.6 Å². The number of carbonyl (C=O) groups excluding carboxylic acids is 1. The zero-order valence-corrected chi connectivity index (χ0v) is 17.9. The van der Waals surface area contributed by atoms with Gasteiger partial charge in [-0.2, -0.15) is 5.10 Å². The van der Waals surface area contributed by atoms with Crippen molar-refractivity contribution in [1.82, 2.24) is 20.0 Å². The van der Waals surface area contributed by atoms with Crippen molar-refractivity contribution in [3.63, 3.8) is 0 Å². The van der Waals surface area contributed by atoms with Crippen molar-refractivity contribution in [3.05, 3.63) is 82.1 Å². The van der Waals surface area contributed by atoms with Gasteiger partial charge in [-0.3, -0.25) is 9.69 Å². The number of nitrogens with zero attached hydrogens (tertiary/aromatic N) is 3. The fourth-order valence-corrected chi connectivity index (χ4v) is 3.47. The van der Waals surface area contributed by atoms with E-state index in [2.05, 4.69) is 17.3 Å². The van der Waals surface area contributed by atoms with Crippen LogP contribution in [0.3, 0.4) is 0 Å². The number of para-hydroxylation sites is 1. The third-order valence-electron chi connectivity index (χ3n) is 4.93. The first-order valence-electron chi connectivity index (χ1n) is 9.74. The van der Waals surface area contributed by atoms with Gasteiger partial charge in [0.1, 0.15) is 0 Å². The summed E-state index contributed by atoms with van der Waals surface area (Å²) < 4.78 is 1.96. The van der Waals surface area contributed by atoms with E-state index >= 15 is 0 Å². The molecule has 0 fully saturated rings. The first-order chi connectivity index (χ1) is 13.9. The molecule has 1 amide bonds. The molecule has 3 rings (SSSR count). The Morgan fingerprint density at radius 3 is 2.48 bits per heavy atom. The molecule has 0 unspecified atom stereocenters. The highest BCUT2D eigenvalue weighted by Crippen LogP contribution is 2.19. The number of aromatic nitrogens is 2. The first-order valence-corrected chi connectivity index (χ1v) is 10.1. The summed E-state index contributed by atoms with van der Waals surface area (Å²) in [6.07, 6.45) is 0.786. The van der Waals surface area contributed by atoms with Gasteiger partial charge in [-0.25, -0.2) is 4.68 Å². The lowest BCUT2D eigenvalue weighted by atomic mass is 10.1. The smallest absolute Gasteiger partial charge is 0.234 e. The molecule has 0 atom stereocenters. The lowest BCUT2D eigenvalue weighted by molar-refractivity contribution is -0.122. The van der Waals surface area contributed by atoms with Gasteiger partial charge in [0.2, 0.25) is 5.91 Å². The Balaban J connectivity index is 1.52. The molecule has 29 heavy (non-hydrogen) atoms. The van der Waals surface area contributed by atoms with Crippen LogP contribution in [0.4, 0.5) is 0 Å². The molecule has 0 radical (unpaired) electrons. The van der Waals surface area contributed by atoms with E-state index in [-0.39, 0.29) is 5.91 Å². The Hall–Kier alpha value is -2.63. The van der Waals surface area contributed by atoms with Crippen molar-refractivity contribution in [1.29, 1.82) is 0 Å². The van der Waals surface area contributed by atoms with Crippen LogP contribution >= 0.6 is 11.6 Å². The van der Waals surface area contributed by atoms with Crippen LogP contribution in [0.2, 0.25) is 5.02 Å². The Kier molecular flexibility index (Phi) is 7.07. The highest BCUT2D eigenvalue weighted by Gasteiger charge is 2.15. The molecule has 3 aromatic rings. The van der Waals surface area contributed by atoms with Gasteiger partial charge in [-0.05, 0) is 57.1 Å². The van der Waals surface area contributed by atoms with Gasteiger partial charge in [-0.1, -0.05) is 41.9 Å². The highest BCUT2D eigenvalue weighted by molar-refractivity contribution is 6.30. The van der Waals surface area contributed by atoms with Crippen molar-refractivity contribution in [2.75, 3.05) is 20.1 Å². The number of likely N-dealkylation sites (N-methyl/N-ethyl adjacent to an activating group) is 1. The van der Waals surface area contributed by atoms with E-state index in [1.54, 1.807) is 0 Å². The first kappa shape index (κ1) is 21.1. The second-order valence-electron chi connectivity index (χ2n) is 7.30. The van der Waals surface area contributed by atoms with Gasteiger partial charge in [0.15, 0.2) is 0 Å². The molecule has 0 aliphatic heterocycles. The minimum absolute atomic E-state index is 0.0206. The van der Waals surface area contributed by atoms with Crippen LogP contribution in [0.5, 0.6) is 0 Å². The summed E-state index contributed by atoms with van der Waals surface area (Å²) in [6, 6.07) is 17.8. The lowest BCUT2D eigenvalue weighted by Crippen LogP contribution is -2.36. The molecule has 6 heteroatoms. The van der Waals surface area contributed by atoms with E-state index in [0.717, 1.165) is 39.6 Å². The van der Waals surface area contributed by atoms with Crippen LogP contribution < -0.4 is 5.32 Å². The van der Waals surface area contributed by atoms with Gasteiger partial charge in [-0.15, -0.1) is 0 Å². The van der Waals surface area contributed by atoms with E-state index in [9.17, 15) is 4.79 Å². The largest absolute Gasteiger partial charge is 0.355 e. The summed E-state index contributed by atoms with van der Waals surface area (Å²) in [5.41, 5.74) is 5.44. The van der Waals surface area contributed by atoms with Crippen LogP contribution in [-0.4, -0.2) is 40.7 Å². The molecule has 152 valence electrons. The molecule has 0 saturated carbocycles. The number of hydrogen-bond acceptors (Lipinski definition) is 3. The fourth-order valence-electron chi connectivity index (χ4n) is 3.35. The predicted octanol–water partition coefficient (Wildman–Crippen LogP) is 3.93. The number of hydrogen-bond donors (Lipinski definition) is 1. The molecule has 1 aromatic heterocycles. The molecule has 1 N–H and O–H groups in total. The van der Waals surface area contributed by atoms with E-state index in [1.807, 2.05) is 78.2 Å². The Labute approximate surface area is 177 Å². The number of rotatable bonds is 8. The highest BCUT2D eigenvalue weighted by atomic mass is 35.5. The SMILES string of the molecule is Cc1nn(-c2ccccc2)c(C)c1CN(C)CC(=O)NCCc1ccc(Cl)cc1. The van der Waals surface area contributed by atoms with Crippen molar-refractivity contribution in [2.45, 2.75) is 26.8 Å². The summed E-state index contributed by atoms with van der Waals surface area (Å²) >= 11 is 5.90. The zero-order chi connectivity index (χ0) is 20.8. The number of amides is 1. The van der Waals surface area contributed by atoms with Crippen molar-refractivity contribution >= 4 is 17.5 Å². The Bertz CT molecular complexity index is 951. The average molecular weight is 411 g/mol. The van der Waals surface area contributed by atoms with Crippen molar-refractivity contribution < 1.29 is 4.79 Å². The fraction of sp³-hybridized carbons (Fsp3) is 0.304. The summed E-state index contributed by atoms with van der Waals surface area (Å²) in [5.74, 6) is 0.0206. The topological polar surface area (TPSA) is 50.2 Å². The maximum Gasteiger partial charge on any atom is 0.234 e. The minimum Gasteiger partial charge on any atom is -0.355 e. The number of halogens is 1. The number of benzene rings is 2. The molecule has 0 aliphatic rings. The molecule has 2 aromatic carbocycles. The standard InChI is InChI=1S/C23H27ClN4O/c1-17-22(18(2)28(26-17)21-7-5-4-6-8-21)15-27(3)16-23(29)25-14-13-19-9-11-20(24)12-10-19/h4-12H,13-16H2,1-3H3,(H,25,29). The van der Waals surface area contributed by atoms with Crippen LogP contribution in [0, 0.1) is 13.8 Å². The second kappa shape index (κ2) is 9.72. The third kappa shape index (κ3) is 5.68. The summed E-state index contributed by atoms with van der Waals surface area (Å²) in [6.45, 7) is 5.72. The number of carbonyl (C=O) groups is 1. The van der Waals surface area contributed by atoms with Crippen molar-refractivity contribution in [2.24, 2.45) is 0 Å². The third-order valence-corrected chi connectivity index (χ3v) is 5.18.